The first-order valence-electron chi connectivity index (χ1n) is 8.08. The fourth-order valence-electron chi connectivity index (χ4n) is 2.13. The molecule has 0 heterocycles. The monoisotopic (exact) mass is 359 g/mol. The molecule has 0 saturated carbocycles. The molecule has 4 N–H and O–H groups in total. The highest BCUT2D eigenvalue weighted by Crippen LogP contribution is 2.24. The van der Waals surface area contributed by atoms with Crippen LogP contribution in [0.2, 0.25) is 0 Å². The lowest BCUT2D eigenvalue weighted by atomic mass is 10.1. The molecule has 6 nitrogen and oxygen atoms in total. The van der Waals surface area contributed by atoms with Crippen LogP contribution in [-0.4, -0.2) is 17.6 Å². The van der Waals surface area contributed by atoms with E-state index >= 15 is 0 Å². The highest BCUT2D eigenvalue weighted by atomic mass is 19.1. The maximum Gasteiger partial charge on any atom is 0.412 e. The molecule has 0 aliphatic carbocycles. The van der Waals surface area contributed by atoms with Crippen LogP contribution in [0.5, 0.6) is 0 Å². The van der Waals surface area contributed by atoms with Crippen molar-refractivity contribution in [3.8, 4) is 0 Å². The van der Waals surface area contributed by atoms with E-state index < -0.39 is 23.4 Å². The van der Waals surface area contributed by atoms with Crippen molar-refractivity contribution in [3.05, 3.63) is 59.4 Å². The summed E-state index contributed by atoms with van der Waals surface area (Å²) in [7, 11) is 0. The molecule has 0 radical (unpaired) electrons. The molecule has 7 heteroatoms. The number of rotatable bonds is 4. The molecule has 2 aromatic carbocycles. The third kappa shape index (κ3) is 5.56. The molecule has 0 spiro atoms. The van der Waals surface area contributed by atoms with Crippen LogP contribution in [0.4, 0.5) is 20.6 Å². The molecular weight excluding hydrogens is 337 g/mol. The van der Waals surface area contributed by atoms with E-state index in [0.717, 1.165) is 11.6 Å². The van der Waals surface area contributed by atoms with Crippen LogP contribution in [-0.2, 0) is 11.3 Å². The van der Waals surface area contributed by atoms with Gasteiger partial charge in [-0.15, -0.1) is 0 Å². The number of anilines is 2. The lowest BCUT2D eigenvalue weighted by Crippen LogP contribution is -2.27. The molecule has 0 aromatic heterocycles. The summed E-state index contributed by atoms with van der Waals surface area (Å²) in [6, 6.07) is 10.4. The van der Waals surface area contributed by atoms with Crippen LogP contribution in [0.1, 0.15) is 36.7 Å². The van der Waals surface area contributed by atoms with Gasteiger partial charge in [0.25, 0.3) is 5.91 Å². The van der Waals surface area contributed by atoms with Crippen LogP contribution in [0, 0.1) is 5.82 Å². The maximum absolute atomic E-state index is 13.6. The Kier molecular flexibility index (Phi) is 5.94. The molecule has 0 saturated heterocycles. The number of hydrogen-bond acceptors (Lipinski definition) is 4. The van der Waals surface area contributed by atoms with Crippen molar-refractivity contribution < 1.29 is 18.7 Å². The van der Waals surface area contributed by atoms with Crippen molar-refractivity contribution in [2.24, 2.45) is 5.73 Å². The fourth-order valence-corrected chi connectivity index (χ4v) is 2.13. The summed E-state index contributed by atoms with van der Waals surface area (Å²) in [4.78, 5) is 24.3. The third-order valence-electron chi connectivity index (χ3n) is 3.32. The average molecular weight is 359 g/mol. The predicted molar refractivity (Wildman–Crippen MR) is 98.5 cm³/mol. The molecule has 0 fully saturated rings. The summed E-state index contributed by atoms with van der Waals surface area (Å²) in [6.45, 7) is 5.52. The Labute approximate surface area is 151 Å². The predicted octanol–water partition coefficient (Wildman–Crippen LogP) is 3.88. The van der Waals surface area contributed by atoms with Gasteiger partial charge >= 0.3 is 6.09 Å². The zero-order valence-electron chi connectivity index (χ0n) is 14.9. The minimum atomic E-state index is -0.745. The van der Waals surface area contributed by atoms with E-state index in [1.807, 2.05) is 0 Å². The Morgan fingerprint density at radius 1 is 1.04 bits per heavy atom. The molecule has 0 unspecified atom stereocenters. The fraction of sp³-hybridized carbons (Fsp3) is 0.263. The zero-order valence-corrected chi connectivity index (χ0v) is 14.9. The Morgan fingerprint density at radius 3 is 2.27 bits per heavy atom. The first kappa shape index (κ1) is 19.4. The Bertz CT molecular complexity index is 799. The second kappa shape index (κ2) is 7.97. The summed E-state index contributed by atoms with van der Waals surface area (Å²) in [5, 5.41) is 5.10. The summed E-state index contributed by atoms with van der Waals surface area (Å²) in [5.74, 6) is -0.950. The normalized spacial score (nSPS) is 11.0. The number of ether oxygens (including phenoxy) is 1. The van der Waals surface area contributed by atoms with Crippen LogP contribution >= 0.6 is 0 Å². The summed E-state index contributed by atoms with van der Waals surface area (Å²) < 4.78 is 18.7. The molecule has 2 aromatic rings. The number of nitrogens with two attached hydrogens (primary N) is 1. The van der Waals surface area contributed by atoms with Crippen molar-refractivity contribution in [2.45, 2.75) is 32.9 Å². The molecule has 2 rings (SSSR count). The molecule has 0 atom stereocenters. The van der Waals surface area contributed by atoms with Gasteiger partial charge in [0.05, 0.1) is 11.4 Å². The number of carbonyl (C=O) groups is 2. The second-order valence-electron chi connectivity index (χ2n) is 6.67. The third-order valence-corrected chi connectivity index (χ3v) is 3.32. The first-order chi connectivity index (χ1) is 12.2. The van der Waals surface area contributed by atoms with Crippen molar-refractivity contribution in [1.82, 2.24) is 0 Å². The van der Waals surface area contributed by atoms with Gasteiger partial charge in [-0.05, 0) is 56.7 Å². The van der Waals surface area contributed by atoms with Gasteiger partial charge in [0.15, 0.2) is 0 Å². The van der Waals surface area contributed by atoms with Crippen LogP contribution in [0.3, 0.4) is 0 Å². The zero-order chi connectivity index (χ0) is 19.3. The van der Waals surface area contributed by atoms with E-state index in [9.17, 15) is 14.0 Å². The molecule has 0 aliphatic rings. The van der Waals surface area contributed by atoms with Crippen molar-refractivity contribution in [2.75, 3.05) is 10.6 Å². The highest BCUT2D eigenvalue weighted by molar-refractivity contribution is 6.06. The average Bonchev–Trinajstić information content (AvgIpc) is 2.55. The van der Waals surface area contributed by atoms with Crippen LogP contribution in [0.15, 0.2) is 42.5 Å². The molecule has 26 heavy (non-hydrogen) atoms. The second-order valence-corrected chi connectivity index (χ2v) is 6.67. The standard InChI is InChI=1S/C19H22FN3O3/c1-19(2,3)26-18(25)23-16-10-14(20)8-9-15(16)22-17(24)13-6-4-12(11-21)5-7-13/h4-10H,11,21H2,1-3H3,(H,22,24)(H,23,25). The first-order valence-corrected chi connectivity index (χ1v) is 8.08. The lowest BCUT2D eigenvalue weighted by molar-refractivity contribution is 0.0635. The van der Waals surface area contributed by atoms with E-state index in [1.54, 1.807) is 45.0 Å². The van der Waals surface area contributed by atoms with Gasteiger partial charge in [0, 0.05) is 12.1 Å². The summed E-state index contributed by atoms with van der Waals surface area (Å²) in [5.41, 5.74) is 6.50. The topological polar surface area (TPSA) is 93.5 Å². The number of carbonyl (C=O) groups excluding carboxylic acids is 2. The molecule has 2 amide bonds. The van der Waals surface area contributed by atoms with E-state index in [-0.39, 0.29) is 11.4 Å². The van der Waals surface area contributed by atoms with Gasteiger partial charge in [-0.1, -0.05) is 12.1 Å². The number of nitrogens with one attached hydrogen (secondary N) is 2. The van der Waals surface area contributed by atoms with E-state index in [2.05, 4.69) is 10.6 Å². The quantitative estimate of drug-likeness (QED) is 0.772. The smallest absolute Gasteiger partial charge is 0.412 e. The van der Waals surface area contributed by atoms with E-state index in [4.69, 9.17) is 10.5 Å². The van der Waals surface area contributed by atoms with Gasteiger partial charge in [-0.3, -0.25) is 10.1 Å². The van der Waals surface area contributed by atoms with Gasteiger partial charge < -0.3 is 15.8 Å². The summed E-state index contributed by atoms with van der Waals surface area (Å²) >= 11 is 0. The van der Waals surface area contributed by atoms with Crippen LogP contribution < -0.4 is 16.4 Å². The lowest BCUT2D eigenvalue weighted by Gasteiger charge is -2.20. The van der Waals surface area contributed by atoms with Gasteiger partial charge in [-0.2, -0.15) is 0 Å². The minimum Gasteiger partial charge on any atom is -0.444 e. The Balaban J connectivity index is 2.17. The number of benzene rings is 2. The Morgan fingerprint density at radius 2 is 1.69 bits per heavy atom. The van der Waals surface area contributed by atoms with E-state index in [1.165, 1.54) is 12.1 Å². The maximum atomic E-state index is 13.6. The molecular formula is C19H22FN3O3. The Hall–Kier alpha value is -2.93. The summed E-state index contributed by atoms with van der Waals surface area (Å²) in [6.07, 6.45) is -0.745. The van der Waals surface area contributed by atoms with Gasteiger partial charge in [-0.25, -0.2) is 9.18 Å². The minimum absolute atomic E-state index is 0.103. The van der Waals surface area contributed by atoms with Crippen molar-refractivity contribution in [3.63, 3.8) is 0 Å². The highest BCUT2D eigenvalue weighted by Gasteiger charge is 2.18. The molecule has 0 bridgehead atoms. The molecule has 0 aliphatic heterocycles. The van der Waals surface area contributed by atoms with Crippen LogP contribution in [0.25, 0.3) is 0 Å². The largest absolute Gasteiger partial charge is 0.444 e. The SMILES string of the molecule is CC(C)(C)OC(=O)Nc1cc(F)ccc1NC(=O)c1ccc(CN)cc1. The number of hydrogen-bond donors (Lipinski definition) is 3. The van der Waals surface area contributed by atoms with Gasteiger partial charge in [0.1, 0.15) is 11.4 Å². The number of amides is 2. The van der Waals surface area contributed by atoms with Gasteiger partial charge in [0.2, 0.25) is 0 Å². The van der Waals surface area contributed by atoms with Crippen molar-refractivity contribution in [1.29, 1.82) is 0 Å². The van der Waals surface area contributed by atoms with Crippen molar-refractivity contribution >= 4 is 23.4 Å². The molecule has 138 valence electrons. The van der Waals surface area contributed by atoms with E-state index in [0.29, 0.717) is 12.1 Å². The number of halogens is 1.